The van der Waals surface area contributed by atoms with Crippen LogP contribution in [0, 0.1) is 5.82 Å². The maximum absolute atomic E-state index is 14.7. The van der Waals surface area contributed by atoms with Crippen LogP contribution in [0.4, 0.5) is 10.3 Å². The molecule has 0 saturated carbocycles. The van der Waals surface area contributed by atoms with Crippen LogP contribution in [0.15, 0.2) is 27.8 Å². The van der Waals surface area contributed by atoms with E-state index in [9.17, 15) is 14.0 Å². The Labute approximate surface area is 184 Å². The van der Waals surface area contributed by atoms with Gasteiger partial charge in [0, 0.05) is 36.8 Å². The van der Waals surface area contributed by atoms with Crippen LogP contribution in [0.5, 0.6) is 0 Å². The maximum atomic E-state index is 14.7. The van der Waals surface area contributed by atoms with E-state index in [1.165, 1.54) is 15.2 Å². The normalized spacial score (nSPS) is 14.5. The summed E-state index contributed by atoms with van der Waals surface area (Å²) < 4.78 is 19.2. The lowest BCUT2D eigenvalue weighted by Gasteiger charge is -2.28. The van der Waals surface area contributed by atoms with E-state index in [1.807, 2.05) is 13.8 Å². The fourth-order valence-corrected chi connectivity index (χ4v) is 4.53. The molecule has 0 aliphatic carbocycles. The van der Waals surface area contributed by atoms with E-state index in [0.717, 1.165) is 32.4 Å². The molecule has 4 rings (SSSR count). The van der Waals surface area contributed by atoms with E-state index in [4.69, 9.17) is 16.6 Å². The summed E-state index contributed by atoms with van der Waals surface area (Å²) in [5.74, 6) is 0.151. The number of halogens is 2. The Morgan fingerprint density at radius 1 is 1.06 bits per heavy atom. The number of aryl methyl sites for hydroxylation is 1. The number of piperidine rings is 1. The second-order valence-corrected chi connectivity index (χ2v) is 8.31. The molecule has 166 valence electrons. The number of hydrogen-bond donors (Lipinski definition) is 0. The Morgan fingerprint density at radius 3 is 2.45 bits per heavy atom. The molecule has 0 atom stereocenters. The van der Waals surface area contributed by atoms with Gasteiger partial charge in [-0.2, -0.15) is 4.98 Å². The molecule has 0 spiro atoms. The third kappa shape index (κ3) is 3.78. The van der Waals surface area contributed by atoms with Gasteiger partial charge in [0.1, 0.15) is 5.82 Å². The molecule has 1 fully saturated rings. The highest BCUT2D eigenvalue weighted by Gasteiger charge is 2.26. The molecule has 2 aromatic heterocycles. The van der Waals surface area contributed by atoms with Crippen LogP contribution in [-0.2, 0) is 19.6 Å². The summed E-state index contributed by atoms with van der Waals surface area (Å²) >= 11 is 6.31. The second-order valence-electron chi connectivity index (χ2n) is 7.90. The summed E-state index contributed by atoms with van der Waals surface area (Å²) in [5, 5.41) is 0.296. The molecule has 31 heavy (non-hydrogen) atoms. The van der Waals surface area contributed by atoms with Gasteiger partial charge in [0.25, 0.3) is 5.56 Å². The van der Waals surface area contributed by atoms with Gasteiger partial charge in [-0.3, -0.25) is 18.5 Å². The van der Waals surface area contributed by atoms with Gasteiger partial charge in [-0.05, 0) is 44.7 Å². The number of rotatable bonds is 6. The fraction of sp³-hybridized carbons (Fsp3) is 0.500. The molecule has 7 nitrogen and oxygen atoms in total. The third-order valence-corrected chi connectivity index (χ3v) is 6.23. The van der Waals surface area contributed by atoms with E-state index in [0.29, 0.717) is 47.2 Å². The van der Waals surface area contributed by atoms with Crippen molar-refractivity contribution in [3.63, 3.8) is 0 Å². The number of nitrogens with zero attached hydrogens (tertiary/aromatic N) is 5. The number of aromatic nitrogens is 4. The minimum atomic E-state index is -0.434. The molecular formula is C22H27ClFN5O2. The van der Waals surface area contributed by atoms with E-state index in [2.05, 4.69) is 4.90 Å². The zero-order valence-electron chi connectivity index (χ0n) is 17.9. The summed E-state index contributed by atoms with van der Waals surface area (Å²) in [6.07, 6.45) is 3.82. The molecule has 1 aromatic carbocycles. The Kier molecular flexibility index (Phi) is 6.18. The summed E-state index contributed by atoms with van der Waals surface area (Å²) in [7, 11) is 0. The lowest BCUT2D eigenvalue weighted by molar-refractivity contribution is 0.555. The van der Waals surface area contributed by atoms with Gasteiger partial charge in [-0.1, -0.05) is 24.6 Å². The lowest BCUT2D eigenvalue weighted by atomic mass is 10.1. The van der Waals surface area contributed by atoms with Crippen LogP contribution >= 0.6 is 11.6 Å². The van der Waals surface area contributed by atoms with Crippen molar-refractivity contribution >= 4 is 28.7 Å². The fourth-order valence-electron chi connectivity index (χ4n) is 4.31. The zero-order chi connectivity index (χ0) is 22.1. The highest BCUT2D eigenvalue weighted by molar-refractivity contribution is 6.31. The van der Waals surface area contributed by atoms with E-state index >= 15 is 0 Å². The number of fused-ring (bicyclic) bond motifs is 1. The van der Waals surface area contributed by atoms with Gasteiger partial charge in [0.15, 0.2) is 11.2 Å². The van der Waals surface area contributed by atoms with E-state index in [-0.39, 0.29) is 12.2 Å². The zero-order valence-corrected chi connectivity index (χ0v) is 18.7. The summed E-state index contributed by atoms with van der Waals surface area (Å²) in [6.45, 7) is 6.14. The molecule has 9 heteroatoms. The predicted molar refractivity (Wildman–Crippen MR) is 121 cm³/mol. The first kappa shape index (κ1) is 21.6. The van der Waals surface area contributed by atoms with Crippen molar-refractivity contribution in [3.8, 4) is 0 Å². The quantitative estimate of drug-likeness (QED) is 0.579. The molecule has 0 amide bonds. The number of benzene rings is 1. The van der Waals surface area contributed by atoms with Crippen molar-refractivity contribution in [1.82, 2.24) is 18.7 Å². The molecule has 1 saturated heterocycles. The largest absolute Gasteiger partial charge is 0.342 e. The van der Waals surface area contributed by atoms with Crippen molar-refractivity contribution in [2.75, 3.05) is 18.0 Å². The summed E-state index contributed by atoms with van der Waals surface area (Å²) in [5.41, 5.74) is 0.209. The van der Waals surface area contributed by atoms with Crippen LogP contribution in [-0.4, -0.2) is 31.8 Å². The first-order valence-corrected chi connectivity index (χ1v) is 11.3. The Bertz CT molecular complexity index is 1200. The number of imidazole rings is 1. The van der Waals surface area contributed by atoms with Crippen LogP contribution in [0.2, 0.25) is 5.02 Å². The average molecular weight is 448 g/mol. The highest BCUT2D eigenvalue weighted by atomic mass is 35.5. The van der Waals surface area contributed by atoms with Crippen LogP contribution in [0.3, 0.4) is 0 Å². The molecule has 0 N–H and O–H groups in total. The van der Waals surface area contributed by atoms with Gasteiger partial charge in [-0.15, -0.1) is 0 Å². The molecule has 3 aromatic rings. The first-order chi connectivity index (χ1) is 15.0. The van der Waals surface area contributed by atoms with Crippen LogP contribution in [0.1, 0.15) is 45.1 Å². The van der Waals surface area contributed by atoms with Gasteiger partial charge in [0.05, 0.1) is 6.54 Å². The van der Waals surface area contributed by atoms with Crippen LogP contribution in [0.25, 0.3) is 11.2 Å². The maximum Gasteiger partial charge on any atom is 0.332 e. The minimum absolute atomic E-state index is 0.0666. The highest BCUT2D eigenvalue weighted by Crippen LogP contribution is 2.27. The SMILES string of the molecule is CCCn1c(=O)c2c(nc(N3CCCCC3)n2Cc2c(F)cccc2Cl)n(CC)c1=O. The monoisotopic (exact) mass is 447 g/mol. The van der Waals surface area contributed by atoms with Crippen molar-refractivity contribution in [2.24, 2.45) is 0 Å². The second kappa shape index (κ2) is 8.86. The van der Waals surface area contributed by atoms with Crippen molar-refractivity contribution in [1.29, 1.82) is 0 Å². The van der Waals surface area contributed by atoms with Gasteiger partial charge in [-0.25, -0.2) is 9.18 Å². The minimum Gasteiger partial charge on any atom is -0.342 e. The summed E-state index contributed by atoms with van der Waals surface area (Å²) in [4.78, 5) is 33.3. The molecule has 1 aliphatic rings. The van der Waals surface area contributed by atoms with Gasteiger partial charge < -0.3 is 4.90 Å². The lowest BCUT2D eigenvalue weighted by Crippen LogP contribution is -2.40. The molecular weight excluding hydrogens is 421 g/mol. The number of anilines is 1. The standard InChI is InChI=1S/C22H27ClFN5O2/c1-3-11-28-20(30)18-19(27(4-2)22(28)31)25-21(26-12-6-5-7-13-26)29(18)14-15-16(23)9-8-10-17(15)24/h8-10H,3-7,11-14H2,1-2H3. The Hall–Kier alpha value is -2.61. The average Bonchev–Trinajstić information content (AvgIpc) is 3.14. The van der Waals surface area contributed by atoms with Crippen molar-refractivity contribution < 1.29 is 4.39 Å². The van der Waals surface area contributed by atoms with Crippen molar-refractivity contribution in [2.45, 2.75) is 59.2 Å². The van der Waals surface area contributed by atoms with Gasteiger partial charge >= 0.3 is 5.69 Å². The number of hydrogen-bond acceptors (Lipinski definition) is 4. The van der Waals surface area contributed by atoms with Crippen LogP contribution < -0.4 is 16.1 Å². The molecule has 0 radical (unpaired) electrons. The van der Waals surface area contributed by atoms with E-state index in [1.54, 1.807) is 16.7 Å². The smallest absolute Gasteiger partial charge is 0.332 e. The van der Waals surface area contributed by atoms with Gasteiger partial charge in [0.2, 0.25) is 5.95 Å². The Balaban J connectivity index is 2.03. The molecule has 0 bridgehead atoms. The third-order valence-electron chi connectivity index (χ3n) is 5.87. The first-order valence-electron chi connectivity index (χ1n) is 10.9. The van der Waals surface area contributed by atoms with Crippen molar-refractivity contribution in [3.05, 3.63) is 55.4 Å². The Morgan fingerprint density at radius 2 is 1.81 bits per heavy atom. The molecule has 0 unspecified atom stereocenters. The predicted octanol–water partition coefficient (Wildman–Crippen LogP) is 3.62. The topological polar surface area (TPSA) is 65.1 Å². The molecule has 1 aliphatic heterocycles. The van der Waals surface area contributed by atoms with E-state index < -0.39 is 11.4 Å². The molecule has 3 heterocycles. The summed E-state index contributed by atoms with van der Waals surface area (Å²) in [6, 6.07) is 4.55.